The smallest absolute Gasteiger partial charge is 0.316 e. The third kappa shape index (κ3) is 2.23. The first-order chi connectivity index (χ1) is 8.61. The molecule has 0 amide bonds. The van der Waals surface area contributed by atoms with Gasteiger partial charge in [0.25, 0.3) is 0 Å². The van der Waals surface area contributed by atoms with Gasteiger partial charge >= 0.3 is 5.69 Å². The number of nitrogens with zero attached hydrogens (tertiary/aromatic N) is 3. The summed E-state index contributed by atoms with van der Waals surface area (Å²) in [5.41, 5.74) is 3.45. The van der Waals surface area contributed by atoms with E-state index in [9.17, 15) is 10.1 Å². The van der Waals surface area contributed by atoms with Gasteiger partial charge in [-0.15, -0.1) is 0 Å². The van der Waals surface area contributed by atoms with E-state index in [-0.39, 0.29) is 11.4 Å². The summed E-state index contributed by atoms with van der Waals surface area (Å²) in [6.07, 6.45) is 3.29. The van der Waals surface area contributed by atoms with E-state index in [4.69, 9.17) is 5.84 Å². The maximum atomic E-state index is 11.0. The molecule has 1 aromatic heterocycles. The lowest BCUT2D eigenvalue weighted by Gasteiger charge is -2.08. The highest BCUT2D eigenvalue weighted by Gasteiger charge is 2.19. The summed E-state index contributed by atoms with van der Waals surface area (Å²) in [5, 5.41) is 17.9. The van der Waals surface area contributed by atoms with Crippen LogP contribution in [0, 0.1) is 10.1 Å². The number of aryl methyl sites for hydroxylation is 1. The fourth-order valence-electron chi connectivity index (χ4n) is 1.60. The van der Waals surface area contributed by atoms with Gasteiger partial charge in [0, 0.05) is 13.2 Å². The molecule has 0 spiro atoms. The van der Waals surface area contributed by atoms with E-state index in [0.717, 1.165) is 0 Å². The van der Waals surface area contributed by atoms with Crippen molar-refractivity contribution in [2.75, 3.05) is 10.7 Å². The van der Waals surface area contributed by atoms with Crippen molar-refractivity contribution in [2.45, 2.75) is 0 Å². The van der Waals surface area contributed by atoms with Gasteiger partial charge in [-0.3, -0.25) is 20.6 Å². The van der Waals surface area contributed by atoms with Crippen LogP contribution in [0.5, 0.6) is 0 Å². The molecule has 0 unspecified atom stereocenters. The molecule has 0 saturated carbocycles. The molecule has 8 heteroatoms. The van der Waals surface area contributed by atoms with Gasteiger partial charge in [-0.2, -0.15) is 5.10 Å². The molecule has 94 valence electrons. The predicted octanol–water partition coefficient (Wildman–Crippen LogP) is 1.36. The first-order valence-corrected chi connectivity index (χ1v) is 5.11. The van der Waals surface area contributed by atoms with Gasteiger partial charge in [0.2, 0.25) is 0 Å². The van der Waals surface area contributed by atoms with Crippen LogP contribution in [0.3, 0.4) is 0 Å². The van der Waals surface area contributed by atoms with Crippen LogP contribution in [-0.4, -0.2) is 14.7 Å². The van der Waals surface area contributed by atoms with Gasteiger partial charge in [0.15, 0.2) is 0 Å². The summed E-state index contributed by atoms with van der Waals surface area (Å²) in [7, 11) is 1.76. The molecule has 0 atom stereocenters. The average Bonchev–Trinajstić information content (AvgIpc) is 2.74. The van der Waals surface area contributed by atoms with Crippen molar-refractivity contribution in [3.05, 3.63) is 40.7 Å². The van der Waals surface area contributed by atoms with Crippen molar-refractivity contribution in [2.24, 2.45) is 12.9 Å². The molecule has 0 aliphatic heterocycles. The number of hydrazine groups is 1. The second-order valence-corrected chi connectivity index (χ2v) is 3.63. The SMILES string of the molecule is Cn1cc(Nc2cccc(NN)c2[N+](=O)[O-])cn1. The number of nitrogen functional groups attached to an aromatic ring is 1. The summed E-state index contributed by atoms with van der Waals surface area (Å²) in [4.78, 5) is 10.6. The molecule has 2 aromatic rings. The van der Waals surface area contributed by atoms with Crippen LogP contribution >= 0.6 is 0 Å². The number of nitro groups is 1. The quantitative estimate of drug-likeness (QED) is 0.428. The topological polar surface area (TPSA) is 111 Å². The number of anilines is 3. The molecule has 4 N–H and O–H groups in total. The minimum absolute atomic E-state index is 0.108. The molecule has 8 nitrogen and oxygen atoms in total. The first-order valence-electron chi connectivity index (χ1n) is 5.11. The van der Waals surface area contributed by atoms with E-state index >= 15 is 0 Å². The lowest BCUT2D eigenvalue weighted by atomic mass is 10.2. The van der Waals surface area contributed by atoms with Crippen LogP contribution < -0.4 is 16.6 Å². The lowest BCUT2D eigenvalue weighted by Crippen LogP contribution is -2.10. The Kier molecular flexibility index (Phi) is 3.11. The molecule has 0 saturated heterocycles. The van der Waals surface area contributed by atoms with Gasteiger partial charge < -0.3 is 10.7 Å². The molecule has 1 aromatic carbocycles. The van der Waals surface area contributed by atoms with Gasteiger partial charge in [-0.25, -0.2) is 0 Å². The predicted molar refractivity (Wildman–Crippen MR) is 67.4 cm³/mol. The van der Waals surface area contributed by atoms with Gasteiger partial charge in [0.05, 0.1) is 16.8 Å². The number of para-hydroxylation sites is 1. The van der Waals surface area contributed by atoms with Crippen molar-refractivity contribution in [3.63, 3.8) is 0 Å². The standard InChI is InChI=1S/C10H12N6O2/c1-15-6-7(5-12-15)13-8-3-2-4-9(14-11)10(8)16(17)18/h2-6,13-14H,11H2,1H3. The molecule has 0 aliphatic rings. The van der Waals surface area contributed by atoms with E-state index in [1.807, 2.05) is 0 Å². The number of hydrogen-bond donors (Lipinski definition) is 3. The Morgan fingerprint density at radius 2 is 2.17 bits per heavy atom. The second-order valence-electron chi connectivity index (χ2n) is 3.63. The molecule has 0 bridgehead atoms. The van der Waals surface area contributed by atoms with E-state index < -0.39 is 4.92 Å². The molecule has 18 heavy (non-hydrogen) atoms. The number of hydrogen-bond acceptors (Lipinski definition) is 6. The fraction of sp³-hybridized carbons (Fsp3) is 0.100. The second kappa shape index (κ2) is 4.72. The van der Waals surface area contributed by atoms with E-state index in [2.05, 4.69) is 15.8 Å². The van der Waals surface area contributed by atoms with Crippen molar-refractivity contribution < 1.29 is 4.92 Å². The number of nitrogens with one attached hydrogen (secondary N) is 2. The zero-order valence-corrected chi connectivity index (χ0v) is 9.62. The highest BCUT2D eigenvalue weighted by Crippen LogP contribution is 2.33. The van der Waals surface area contributed by atoms with Crippen LogP contribution in [0.15, 0.2) is 30.6 Å². The van der Waals surface area contributed by atoms with E-state index in [0.29, 0.717) is 11.4 Å². The molecule has 1 heterocycles. The monoisotopic (exact) mass is 248 g/mol. The Morgan fingerprint density at radius 1 is 1.44 bits per heavy atom. The molecular weight excluding hydrogens is 236 g/mol. The van der Waals surface area contributed by atoms with Gasteiger partial charge in [-0.1, -0.05) is 6.07 Å². The van der Waals surface area contributed by atoms with Gasteiger partial charge in [-0.05, 0) is 12.1 Å². The normalized spacial score (nSPS) is 10.1. The van der Waals surface area contributed by atoms with Crippen molar-refractivity contribution in [1.29, 1.82) is 0 Å². The molecule has 2 rings (SSSR count). The zero-order chi connectivity index (χ0) is 13.1. The van der Waals surface area contributed by atoms with Crippen molar-refractivity contribution in [3.8, 4) is 0 Å². The maximum absolute atomic E-state index is 11.0. The Morgan fingerprint density at radius 3 is 2.72 bits per heavy atom. The molecule has 0 radical (unpaired) electrons. The summed E-state index contributed by atoms with van der Waals surface area (Å²) in [6, 6.07) is 4.80. The van der Waals surface area contributed by atoms with Crippen LogP contribution in [0.25, 0.3) is 0 Å². The lowest BCUT2D eigenvalue weighted by molar-refractivity contribution is -0.383. The third-order valence-electron chi connectivity index (χ3n) is 2.36. The van der Waals surface area contributed by atoms with Gasteiger partial charge in [0.1, 0.15) is 11.4 Å². The van der Waals surface area contributed by atoms with Crippen LogP contribution in [0.2, 0.25) is 0 Å². The molecule has 0 fully saturated rings. The number of nitrogens with two attached hydrogens (primary N) is 1. The largest absolute Gasteiger partial charge is 0.347 e. The minimum Gasteiger partial charge on any atom is -0.347 e. The zero-order valence-electron chi connectivity index (χ0n) is 9.62. The maximum Gasteiger partial charge on any atom is 0.316 e. The van der Waals surface area contributed by atoms with Crippen molar-refractivity contribution in [1.82, 2.24) is 9.78 Å². The Balaban J connectivity index is 2.41. The molecular formula is C10H12N6O2. The highest BCUT2D eigenvalue weighted by molar-refractivity contribution is 5.79. The van der Waals surface area contributed by atoms with E-state index in [1.165, 1.54) is 6.07 Å². The first kappa shape index (κ1) is 11.9. The number of aromatic nitrogens is 2. The summed E-state index contributed by atoms with van der Waals surface area (Å²) in [6.45, 7) is 0. The van der Waals surface area contributed by atoms with E-state index in [1.54, 1.807) is 36.3 Å². The van der Waals surface area contributed by atoms with Crippen LogP contribution in [0.4, 0.5) is 22.7 Å². The minimum atomic E-state index is -0.492. The highest BCUT2D eigenvalue weighted by atomic mass is 16.6. The number of nitro benzene ring substituents is 1. The molecule has 0 aliphatic carbocycles. The summed E-state index contributed by atoms with van der Waals surface area (Å²) < 4.78 is 1.60. The van der Waals surface area contributed by atoms with Crippen LogP contribution in [-0.2, 0) is 7.05 Å². The Labute approximate surface area is 103 Å². The summed E-state index contributed by atoms with van der Waals surface area (Å²) >= 11 is 0. The fourth-order valence-corrected chi connectivity index (χ4v) is 1.60. The number of rotatable bonds is 4. The average molecular weight is 248 g/mol. The number of benzene rings is 1. The Bertz CT molecular complexity index is 579. The summed E-state index contributed by atoms with van der Waals surface area (Å²) in [5.74, 6) is 5.26. The third-order valence-corrected chi connectivity index (χ3v) is 2.36. The Hall–Kier alpha value is -2.61. The van der Waals surface area contributed by atoms with Crippen molar-refractivity contribution >= 4 is 22.7 Å². The van der Waals surface area contributed by atoms with Crippen LogP contribution in [0.1, 0.15) is 0 Å².